The molecule has 0 atom stereocenters. The molecule has 9 heteroatoms. The zero-order valence-electron chi connectivity index (χ0n) is 14.8. The standard InChI is InChI=1S/C17H16N2O5S.CH4O/c20-9-14-13-3-1-2-4-15(13)25-17(14)18-16(21)10-24-12-7-5-11(6-8-12)19(22)23;1-2/h5-9H,1-4,10H2,(H,18,21);2H,1H3. The van der Waals surface area contributed by atoms with Crippen molar-refractivity contribution in [2.24, 2.45) is 0 Å². The Kier molecular flexibility index (Phi) is 7.44. The molecule has 1 aliphatic rings. The Morgan fingerprint density at radius 2 is 1.96 bits per heavy atom. The molecule has 0 fully saturated rings. The van der Waals surface area contributed by atoms with Crippen LogP contribution in [0.3, 0.4) is 0 Å². The van der Waals surface area contributed by atoms with E-state index < -0.39 is 4.92 Å². The molecule has 1 amide bonds. The highest BCUT2D eigenvalue weighted by Crippen LogP contribution is 2.37. The van der Waals surface area contributed by atoms with Gasteiger partial charge in [-0.15, -0.1) is 11.3 Å². The summed E-state index contributed by atoms with van der Waals surface area (Å²) in [6.45, 7) is -0.237. The lowest BCUT2D eigenvalue weighted by atomic mass is 9.96. The zero-order valence-corrected chi connectivity index (χ0v) is 15.6. The zero-order chi connectivity index (χ0) is 19.8. The van der Waals surface area contributed by atoms with E-state index in [2.05, 4.69) is 5.32 Å². The molecule has 1 aliphatic carbocycles. The van der Waals surface area contributed by atoms with Crippen molar-refractivity contribution in [2.75, 3.05) is 19.0 Å². The van der Waals surface area contributed by atoms with Crippen LogP contribution in [-0.2, 0) is 17.6 Å². The van der Waals surface area contributed by atoms with Gasteiger partial charge in [0.1, 0.15) is 10.8 Å². The third kappa shape index (κ3) is 5.11. The van der Waals surface area contributed by atoms with Crippen LogP contribution in [0, 0.1) is 10.1 Å². The van der Waals surface area contributed by atoms with Crippen molar-refractivity contribution in [1.82, 2.24) is 0 Å². The van der Waals surface area contributed by atoms with Crippen LogP contribution in [0.4, 0.5) is 10.7 Å². The van der Waals surface area contributed by atoms with E-state index in [1.807, 2.05) is 0 Å². The van der Waals surface area contributed by atoms with E-state index >= 15 is 0 Å². The number of benzene rings is 1. The van der Waals surface area contributed by atoms with Crippen LogP contribution in [0.25, 0.3) is 0 Å². The molecule has 1 heterocycles. The number of aldehydes is 1. The number of hydrogen-bond donors (Lipinski definition) is 2. The van der Waals surface area contributed by atoms with Crippen molar-refractivity contribution in [3.63, 3.8) is 0 Å². The van der Waals surface area contributed by atoms with Gasteiger partial charge < -0.3 is 15.2 Å². The minimum Gasteiger partial charge on any atom is -0.484 e. The Morgan fingerprint density at radius 3 is 2.59 bits per heavy atom. The normalized spacial score (nSPS) is 12.2. The third-order valence-corrected chi connectivity index (χ3v) is 5.22. The summed E-state index contributed by atoms with van der Waals surface area (Å²) in [6.07, 6.45) is 4.77. The second kappa shape index (κ2) is 9.79. The number of thiophene rings is 1. The predicted molar refractivity (Wildman–Crippen MR) is 102 cm³/mol. The lowest BCUT2D eigenvalue weighted by Crippen LogP contribution is -2.20. The number of nitrogens with zero attached hydrogens (tertiary/aromatic N) is 1. The number of amides is 1. The number of anilines is 1. The summed E-state index contributed by atoms with van der Waals surface area (Å²) >= 11 is 1.45. The fraction of sp³-hybridized carbons (Fsp3) is 0.333. The molecule has 1 aromatic heterocycles. The number of hydrogen-bond acceptors (Lipinski definition) is 7. The molecule has 0 aliphatic heterocycles. The number of nitrogens with one attached hydrogen (secondary N) is 1. The van der Waals surface area contributed by atoms with E-state index in [9.17, 15) is 19.7 Å². The molecule has 0 bridgehead atoms. The smallest absolute Gasteiger partial charge is 0.269 e. The minimum atomic E-state index is -0.504. The van der Waals surface area contributed by atoms with Crippen molar-refractivity contribution >= 4 is 34.2 Å². The van der Waals surface area contributed by atoms with Gasteiger partial charge in [-0.3, -0.25) is 19.7 Å². The molecular formula is C18H20N2O6S. The van der Waals surface area contributed by atoms with E-state index in [1.54, 1.807) is 0 Å². The Labute approximate surface area is 159 Å². The average Bonchev–Trinajstić information content (AvgIpc) is 3.05. The van der Waals surface area contributed by atoms with Crippen molar-refractivity contribution < 1.29 is 24.4 Å². The van der Waals surface area contributed by atoms with Crippen LogP contribution in [0.15, 0.2) is 24.3 Å². The quantitative estimate of drug-likeness (QED) is 0.443. The van der Waals surface area contributed by atoms with Crippen LogP contribution in [0.1, 0.15) is 33.6 Å². The van der Waals surface area contributed by atoms with E-state index in [0.29, 0.717) is 16.3 Å². The fourth-order valence-corrected chi connectivity index (χ4v) is 4.06. The SMILES string of the molecule is CO.O=Cc1c(NC(=O)COc2ccc([N+](=O)[O-])cc2)sc2c1CCCC2. The van der Waals surface area contributed by atoms with E-state index in [-0.39, 0.29) is 18.2 Å². The Morgan fingerprint density at radius 1 is 1.30 bits per heavy atom. The first kappa shape index (κ1) is 20.5. The molecule has 0 radical (unpaired) electrons. The summed E-state index contributed by atoms with van der Waals surface area (Å²) in [5.41, 5.74) is 1.58. The molecule has 1 aromatic carbocycles. The number of carbonyl (C=O) groups excluding carboxylic acids is 2. The number of ether oxygens (including phenoxy) is 1. The van der Waals surface area contributed by atoms with Crippen LogP contribution >= 0.6 is 11.3 Å². The monoisotopic (exact) mass is 392 g/mol. The van der Waals surface area contributed by atoms with Crippen LogP contribution < -0.4 is 10.1 Å². The topological polar surface area (TPSA) is 119 Å². The number of nitro benzene ring substituents is 1. The second-order valence-electron chi connectivity index (χ2n) is 5.66. The first-order valence-corrected chi connectivity index (χ1v) is 9.11. The Balaban J connectivity index is 0.00000126. The molecular weight excluding hydrogens is 372 g/mol. The molecule has 27 heavy (non-hydrogen) atoms. The first-order chi connectivity index (χ1) is 13.1. The van der Waals surface area contributed by atoms with Gasteiger partial charge in [-0.2, -0.15) is 0 Å². The van der Waals surface area contributed by atoms with E-state index in [4.69, 9.17) is 9.84 Å². The number of fused-ring (bicyclic) bond motifs is 1. The minimum absolute atomic E-state index is 0.0448. The maximum absolute atomic E-state index is 12.1. The lowest BCUT2D eigenvalue weighted by Gasteiger charge is -2.10. The van der Waals surface area contributed by atoms with Gasteiger partial charge in [0.2, 0.25) is 0 Å². The molecule has 3 rings (SSSR count). The maximum Gasteiger partial charge on any atom is 0.269 e. The van der Waals surface area contributed by atoms with Crippen LogP contribution in [0.2, 0.25) is 0 Å². The molecule has 2 aromatic rings. The molecule has 0 saturated carbocycles. The number of aliphatic hydroxyl groups is 1. The van der Waals surface area contributed by atoms with Crippen molar-refractivity contribution in [3.05, 3.63) is 50.4 Å². The van der Waals surface area contributed by atoms with Gasteiger partial charge in [0, 0.05) is 24.1 Å². The van der Waals surface area contributed by atoms with Gasteiger partial charge >= 0.3 is 0 Å². The molecule has 2 N–H and O–H groups in total. The maximum atomic E-state index is 12.1. The Bertz CT molecular complexity index is 816. The predicted octanol–water partition coefficient (Wildman–Crippen LogP) is 2.97. The number of non-ortho nitro benzene ring substituents is 1. The summed E-state index contributed by atoms with van der Waals surface area (Å²) < 4.78 is 5.33. The van der Waals surface area contributed by atoms with Gasteiger partial charge in [-0.1, -0.05) is 0 Å². The van der Waals surface area contributed by atoms with Gasteiger partial charge in [-0.25, -0.2) is 0 Å². The summed E-state index contributed by atoms with van der Waals surface area (Å²) in [5.74, 6) is -0.0121. The van der Waals surface area contributed by atoms with Crippen molar-refractivity contribution in [1.29, 1.82) is 0 Å². The van der Waals surface area contributed by atoms with Crippen molar-refractivity contribution in [2.45, 2.75) is 25.7 Å². The summed E-state index contributed by atoms with van der Waals surface area (Å²) in [6, 6.07) is 5.49. The van der Waals surface area contributed by atoms with Crippen molar-refractivity contribution in [3.8, 4) is 5.75 Å². The van der Waals surface area contributed by atoms with Crippen LogP contribution in [-0.4, -0.2) is 35.9 Å². The number of aliphatic hydroxyl groups excluding tert-OH is 1. The van der Waals surface area contributed by atoms with Gasteiger partial charge in [0.25, 0.3) is 11.6 Å². The number of nitro groups is 1. The average molecular weight is 392 g/mol. The van der Waals surface area contributed by atoms with Gasteiger partial charge in [0.05, 0.1) is 10.5 Å². The van der Waals surface area contributed by atoms with Gasteiger partial charge in [-0.05, 0) is 43.4 Å². The molecule has 144 valence electrons. The highest BCUT2D eigenvalue weighted by molar-refractivity contribution is 7.16. The number of carbonyl (C=O) groups is 2. The summed E-state index contributed by atoms with van der Waals surface area (Å²) in [5, 5.41) is 20.9. The summed E-state index contributed by atoms with van der Waals surface area (Å²) in [7, 11) is 1.00. The van der Waals surface area contributed by atoms with Crippen LogP contribution in [0.5, 0.6) is 5.75 Å². The number of aryl methyl sites for hydroxylation is 1. The molecule has 0 unspecified atom stereocenters. The van der Waals surface area contributed by atoms with E-state index in [1.165, 1.54) is 40.5 Å². The first-order valence-electron chi connectivity index (χ1n) is 8.30. The van der Waals surface area contributed by atoms with Gasteiger partial charge in [0.15, 0.2) is 12.9 Å². The fourth-order valence-electron chi connectivity index (χ4n) is 2.78. The highest BCUT2D eigenvalue weighted by Gasteiger charge is 2.21. The lowest BCUT2D eigenvalue weighted by molar-refractivity contribution is -0.384. The molecule has 0 spiro atoms. The summed E-state index contributed by atoms with van der Waals surface area (Å²) in [4.78, 5) is 34.7. The second-order valence-corrected chi connectivity index (χ2v) is 6.76. The third-order valence-electron chi connectivity index (χ3n) is 4.00. The number of rotatable bonds is 6. The largest absolute Gasteiger partial charge is 0.484 e. The Hall–Kier alpha value is -2.78. The highest BCUT2D eigenvalue weighted by atomic mass is 32.1. The van der Waals surface area contributed by atoms with E-state index in [0.717, 1.165) is 44.6 Å². The molecule has 0 saturated heterocycles. The molecule has 8 nitrogen and oxygen atoms in total.